The van der Waals surface area contributed by atoms with Crippen molar-refractivity contribution in [2.75, 3.05) is 19.0 Å². The third-order valence-electron chi connectivity index (χ3n) is 4.89. The Hall–Kier alpha value is -3.33. The predicted molar refractivity (Wildman–Crippen MR) is 113 cm³/mol. The van der Waals surface area contributed by atoms with Gasteiger partial charge in [-0.25, -0.2) is 9.97 Å². The van der Waals surface area contributed by atoms with E-state index in [4.69, 9.17) is 4.74 Å². The Kier molecular flexibility index (Phi) is 5.99. The Morgan fingerprint density at radius 3 is 2.80 bits per heavy atom. The molecular weight excluding hydrogens is 402 g/mol. The van der Waals surface area contributed by atoms with Crippen LogP contribution in [0.2, 0.25) is 0 Å². The van der Waals surface area contributed by atoms with E-state index in [2.05, 4.69) is 20.3 Å². The molecule has 0 fully saturated rings. The van der Waals surface area contributed by atoms with Crippen LogP contribution in [0.5, 0.6) is 5.75 Å². The first-order valence-corrected chi connectivity index (χ1v) is 10.4. The summed E-state index contributed by atoms with van der Waals surface area (Å²) in [5.41, 5.74) is 2.28. The number of carbonyl (C=O) groups is 2. The van der Waals surface area contributed by atoms with Gasteiger partial charge in [-0.2, -0.15) is 0 Å². The van der Waals surface area contributed by atoms with Gasteiger partial charge in [-0.1, -0.05) is 23.5 Å². The molecule has 1 aliphatic heterocycles. The number of anilines is 1. The number of thiazole rings is 1. The molecule has 0 saturated heterocycles. The molecule has 1 aromatic carbocycles. The van der Waals surface area contributed by atoms with Crippen LogP contribution in [-0.4, -0.2) is 45.3 Å². The molecule has 9 heteroatoms. The van der Waals surface area contributed by atoms with E-state index in [1.54, 1.807) is 7.11 Å². The maximum atomic E-state index is 12.7. The number of carbonyl (C=O) groups excluding carboxylic acids is 2. The fraction of sp³-hybridized carbons (Fsp3) is 0.286. The van der Waals surface area contributed by atoms with Crippen molar-refractivity contribution in [2.24, 2.45) is 0 Å². The molecule has 0 spiro atoms. The van der Waals surface area contributed by atoms with E-state index in [0.717, 1.165) is 21.9 Å². The summed E-state index contributed by atoms with van der Waals surface area (Å²) in [5.74, 6) is 0.581. The fourth-order valence-electron chi connectivity index (χ4n) is 3.24. The van der Waals surface area contributed by atoms with Crippen LogP contribution in [0.4, 0.5) is 5.13 Å². The summed E-state index contributed by atoms with van der Waals surface area (Å²) in [5, 5.41) is 3.28. The van der Waals surface area contributed by atoms with Crippen LogP contribution in [0, 0.1) is 0 Å². The zero-order valence-electron chi connectivity index (χ0n) is 16.5. The van der Waals surface area contributed by atoms with Crippen molar-refractivity contribution < 1.29 is 14.3 Å². The van der Waals surface area contributed by atoms with E-state index in [1.165, 1.54) is 29.9 Å². The van der Waals surface area contributed by atoms with Crippen molar-refractivity contribution in [1.82, 2.24) is 19.9 Å². The Bertz CT molecular complexity index is 1040. The van der Waals surface area contributed by atoms with Gasteiger partial charge in [0.25, 0.3) is 5.91 Å². The molecule has 154 valence electrons. The first-order chi connectivity index (χ1) is 14.6. The number of ether oxygens (including phenoxy) is 1. The van der Waals surface area contributed by atoms with Crippen LogP contribution >= 0.6 is 11.3 Å². The first kappa shape index (κ1) is 20.0. The van der Waals surface area contributed by atoms with Crippen molar-refractivity contribution in [1.29, 1.82) is 0 Å². The van der Waals surface area contributed by atoms with Crippen molar-refractivity contribution in [3.05, 3.63) is 64.7 Å². The van der Waals surface area contributed by atoms with Gasteiger partial charge in [0.2, 0.25) is 5.91 Å². The number of fused-ring (bicyclic) bond motifs is 1. The average molecular weight is 423 g/mol. The highest BCUT2D eigenvalue weighted by atomic mass is 32.1. The lowest BCUT2D eigenvalue weighted by Gasteiger charge is -2.26. The highest BCUT2D eigenvalue weighted by Crippen LogP contribution is 2.29. The van der Waals surface area contributed by atoms with Crippen molar-refractivity contribution in [2.45, 2.75) is 25.8 Å². The molecular formula is C21H21N5O3S. The predicted octanol–water partition coefficient (Wildman–Crippen LogP) is 2.71. The number of hydrogen-bond acceptors (Lipinski definition) is 7. The maximum Gasteiger partial charge on any atom is 0.277 e. The van der Waals surface area contributed by atoms with Gasteiger partial charge < -0.3 is 9.64 Å². The number of rotatable bonds is 6. The highest BCUT2D eigenvalue weighted by Gasteiger charge is 2.24. The summed E-state index contributed by atoms with van der Waals surface area (Å²) in [7, 11) is 1.63. The number of aromatic nitrogens is 3. The SMILES string of the molecule is COc1ccc(CCC(=O)N2CCc3nc(NC(=O)c4cnccn4)sc3C2)cc1. The number of benzene rings is 1. The number of hydrogen-bond donors (Lipinski definition) is 1. The number of amides is 2. The molecule has 3 heterocycles. The summed E-state index contributed by atoms with van der Waals surface area (Å²) < 4.78 is 5.16. The lowest BCUT2D eigenvalue weighted by atomic mass is 10.1. The minimum absolute atomic E-state index is 0.120. The van der Waals surface area contributed by atoms with Crippen LogP contribution in [0.3, 0.4) is 0 Å². The van der Waals surface area contributed by atoms with Crippen LogP contribution in [0.15, 0.2) is 42.9 Å². The number of nitrogens with one attached hydrogen (secondary N) is 1. The van der Waals surface area contributed by atoms with Crippen molar-refractivity contribution >= 4 is 28.3 Å². The van der Waals surface area contributed by atoms with E-state index in [-0.39, 0.29) is 17.5 Å². The molecule has 0 atom stereocenters. The number of nitrogens with zero attached hydrogens (tertiary/aromatic N) is 4. The van der Waals surface area contributed by atoms with Gasteiger partial charge in [0.15, 0.2) is 5.13 Å². The lowest BCUT2D eigenvalue weighted by molar-refractivity contribution is -0.132. The summed E-state index contributed by atoms with van der Waals surface area (Å²) in [6.07, 6.45) is 6.22. The second kappa shape index (κ2) is 9.00. The number of methoxy groups -OCH3 is 1. The van der Waals surface area contributed by atoms with Gasteiger partial charge in [-0.3, -0.25) is 19.9 Å². The second-order valence-electron chi connectivity index (χ2n) is 6.85. The lowest BCUT2D eigenvalue weighted by Crippen LogP contribution is -2.35. The zero-order chi connectivity index (χ0) is 20.9. The molecule has 8 nitrogen and oxygen atoms in total. The molecule has 3 aromatic rings. The Morgan fingerprint density at radius 1 is 1.23 bits per heavy atom. The zero-order valence-corrected chi connectivity index (χ0v) is 17.3. The molecule has 0 bridgehead atoms. The van der Waals surface area contributed by atoms with E-state index in [1.807, 2.05) is 29.2 Å². The molecule has 4 rings (SSSR count). The van der Waals surface area contributed by atoms with Crippen LogP contribution in [-0.2, 0) is 24.2 Å². The minimum atomic E-state index is -0.346. The summed E-state index contributed by atoms with van der Waals surface area (Å²) in [4.78, 5) is 40.2. The molecule has 1 N–H and O–H groups in total. The highest BCUT2D eigenvalue weighted by molar-refractivity contribution is 7.15. The third kappa shape index (κ3) is 4.62. The van der Waals surface area contributed by atoms with E-state index in [0.29, 0.717) is 37.5 Å². The third-order valence-corrected chi connectivity index (χ3v) is 5.88. The fourth-order valence-corrected chi connectivity index (χ4v) is 4.26. The second-order valence-corrected chi connectivity index (χ2v) is 7.93. The normalized spacial score (nSPS) is 12.9. The molecule has 2 aromatic heterocycles. The average Bonchev–Trinajstić information content (AvgIpc) is 3.19. The molecule has 0 unspecified atom stereocenters. The van der Waals surface area contributed by atoms with Crippen LogP contribution in [0.1, 0.15) is 33.0 Å². The van der Waals surface area contributed by atoms with Gasteiger partial charge in [0.05, 0.1) is 25.5 Å². The standard InChI is InChI=1S/C21H21N5O3S/c1-29-15-5-2-14(3-6-15)4-7-19(27)26-11-8-16-18(13-26)30-21(24-16)25-20(28)17-12-22-9-10-23-17/h2-3,5-6,9-10,12H,4,7-8,11,13H2,1H3,(H,24,25,28). The smallest absolute Gasteiger partial charge is 0.277 e. The van der Waals surface area contributed by atoms with Crippen LogP contribution < -0.4 is 10.1 Å². The van der Waals surface area contributed by atoms with Crippen molar-refractivity contribution in [3.63, 3.8) is 0 Å². The molecule has 30 heavy (non-hydrogen) atoms. The van der Waals surface area contributed by atoms with Gasteiger partial charge in [0.1, 0.15) is 11.4 Å². The quantitative estimate of drug-likeness (QED) is 0.655. The Morgan fingerprint density at radius 2 is 2.07 bits per heavy atom. The Labute approximate surface area is 178 Å². The van der Waals surface area contributed by atoms with Crippen LogP contribution in [0.25, 0.3) is 0 Å². The monoisotopic (exact) mass is 423 g/mol. The van der Waals surface area contributed by atoms with Crippen molar-refractivity contribution in [3.8, 4) is 5.75 Å². The van der Waals surface area contributed by atoms with E-state index < -0.39 is 0 Å². The van der Waals surface area contributed by atoms with E-state index >= 15 is 0 Å². The largest absolute Gasteiger partial charge is 0.497 e. The molecule has 1 aliphatic rings. The molecule has 0 aliphatic carbocycles. The number of aryl methyl sites for hydroxylation is 1. The van der Waals surface area contributed by atoms with Gasteiger partial charge >= 0.3 is 0 Å². The molecule has 0 radical (unpaired) electrons. The summed E-state index contributed by atoms with van der Waals surface area (Å²) in [6.45, 7) is 1.16. The Balaban J connectivity index is 1.34. The minimum Gasteiger partial charge on any atom is -0.497 e. The summed E-state index contributed by atoms with van der Waals surface area (Å²) in [6, 6.07) is 7.77. The van der Waals surface area contributed by atoms with Gasteiger partial charge in [-0.05, 0) is 24.1 Å². The molecule has 0 saturated carbocycles. The van der Waals surface area contributed by atoms with E-state index in [9.17, 15) is 9.59 Å². The maximum absolute atomic E-state index is 12.7. The van der Waals surface area contributed by atoms with Gasteiger partial charge in [-0.15, -0.1) is 0 Å². The first-order valence-electron chi connectivity index (χ1n) is 9.59. The topological polar surface area (TPSA) is 97.3 Å². The summed E-state index contributed by atoms with van der Waals surface area (Å²) >= 11 is 1.40. The molecule has 2 amide bonds. The van der Waals surface area contributed by atoms with Gasteiger partial charge in [0, 0.05) is 36.7 Å².